The lowest BCUT2D eigenvalue weighted by molar-refractivity contribution is 0.0599. The number of aliphatic hydroxyl groups is 1. The number of methoxy groups -OCH3 is 1. The predicted octanol–water partition coefficient (Wildman–Crippen LogP) is 4.56. The number of rotatable bonds is 11. The molecule has 0 amide bonds. The highest BCUT2D eigenvalue weighted by atomic mass is 16.5. The van der Waals surface area contributed by atoms with Gasteiger partial charge in [0.05, 0.1) is 62.1 Å². The van der Waals surface area contributed by atoms with E-state index in [4.69, 9.17) is 14.9 Å². The number of aliphatic hydroxyl groups excluding tert-OH is 1. The van der Waals surface area contributed by atoms with Crippen molar-refractivity contribution in [2.75, 3.05) is 7.11 Å². The molecule has 0 aliphatic heterocycles. The van der Waals surface area contributed by atoms with Crippen LogP contribution in [0.3, 0.4) is 0 Å². The Bertz CT molecular complexity index is 1560. The van der Waals surface area contributed by atoms with E-state index in [9.17, 15) is 9.59 Å². The van der Waals surface area contributed by atoms with Crippen LogP contribution in [0.25, 0.3) is 0 Å². The Labute approximate surface area is 243 Å². The number of carbonyl (C=O) groups is 2. The highest BCUT2D eigenvalue weighted by Crippen LogP contribution is 2.10. The van der Waals surface area contributed by atoms with Gasteiger partial charge in [0, 0.05) is 25.5 Å². The van der Waals surface area contributed by atoms with Crippen LogP contribution in [-0.2, 0) is 42.4 Å². The van der Waals surface area contributed by atoms with Gasteiger partial charge in [-0.15, -0.1) is 0 Å². The van der Waals surface area contributed by atoms with E-state index in [2.05, 4.69) is 14.7 Å². The molecule has 0 saturated carbocycles. The number of hydrogen-bond acceptors (Lipinski definition) is 7. The Kier molecular flexibility index (Phi) is 10.7. The zero-order valence-corrected chi connectivity index (χ0v) is 23.2. The van der Waals surface area contributed by atoms with Gasteiger partial charge in [-0.2, -0.15) is 0 Å². The molecule has 5 aromatic rings. The van der Waals surface area contributed by atoms with Crippen LogP contribution in [0.1, 0.15) is 48.8 Å². The fourth-order valence-corrected chi connectivity index (χ4v) is 4.03. The van der Waals surface area contributed by atoms with E-state index in [0.717, 1.165) is 22.4 Å². The van der Waals surface area contributed by atoms with Gasteiger partial charge in [0.2, 0.25) is 0 Å². The predicted molar refractivity (Wildman–Crippen MR) is 155 cm³/mol. The quantitative estimate of drug-likeness (QED) is 0.222. The summed E-state index contributed by atoms with van der Waals surface area (Å²) >= 11 is 0. The van der Waals surface area contributed by atoms with E-state index in [-0.39, 0.29) is 12.6 Å². The third-order valence-corrected chi connectivity index (χ3v) is 6.20. The largest absolute Gasteiger partial charge is 0.478 e. The van der Waals surface area contributed by atoms with Gasteiger partial charge < -0.3 is 28.8 Å². The summed E-state index contributed by atoms with van der Waals surface area (Å²) in [6, 6.07) is 24.0. The lowest BCUT2D eigenvalue weighted by Crippen LogP contribution is -2.02. The smallest absolute Gasteiger partial charge is 0.337 e. The third-order valence-electron chi connectivity index (χ3n) is 6.20. The molecule has 10 heteroatoms. The number of aromatic carboxylic acids is 1. The van der Waals surface area contributed by atoms with Gasteiger partial charge in [-0.1, -0.05) is 54.6 Å². The summed E-state index contributed by atoms with van der Waals surface area (Å²) in [5.74, 6) is -1.26. The molecule has 5 rings (SSSR count). The normalized spacial score (nSPS) is 10.5. The molecular formula is C32H32N4O6. The number of ether oxygens (including phenoxy) is 2. The van der Waals surface area contributed by atoms with Crippen LogP contribution in [0.5, 0.6) is 0 Å². The lowest BCUT2D eigenvalue weighted by atomic mass is 10.1. The lowest BCUT2D eigenvalue weighted by Gasteiger charge is -2.04. The van der Waals surface area contributed by atoms with E-state index < -0.39 is 5.97 Å². The Balaban J connectivity index is 0.000000201. The molecule has 0 saturated heterocycles. The summed E-state index contributed by atoms with van der Waals surface area (Å²) in [6.07, 6.45) is 7.15. The monoisotopic (exact) mass is 568 g/mol. The first-order valence-corrected chi connectivity index (χ1v) is 13.2. The highest BCUT2D eigenvalue weighted by molar-refractivity contribution is 5.89. The highest BCUT2D eigenvalue weighted by Gasteiger charge is 2.06. The fourth-order valence-electron chi connectivity index (χ4n) is 4.03. The van der Waals surface area contributed by atoms with Crippen molar-refractivity contribution in [2.45, 2.75) is 32.9 Å². The summed E-state index contributed by atoms with van der Waals surface area (Å²) in [5.41, 5.74) is 5.53. The van der Waals surface area contributed by atoms with Crippen molar-refractivity contribution < 1.29 is 29.3 Å². The maximum atomic E-state index is 11.3. The second-order valence-electron chi connectivity index (χ2n) is 9.40. The Morgan fingerprint density at radius 3 is 1.79 bits per heavy atom. The van der Waals surface area contributed by atoms with Gasteiger partial charge in [-0.25, -0.2) is 19.6 Å². The van der Waals surface area contributed by atoms with Crippen molar-refractivity contribution in [1.29, 1.82) is 0 Å². The maximum absolute atomic E-state index is 11.3. The minimum absolute atomic E-state index is 0.0612. The number of aromatic nitrogens is 4. The molecule has 216 valence electrons. The van der Waals surface area contributed by atoms with E-state index in [1.165, 1.54) is 7.11 Å². The molecule has 0 aliphatic rings. The van der Waals surface area contributed by atoms with E-state index in [1.54, 1.807) is 43.1 Å². The van der Waals surface area contributed by atoms with Gasteiger partial charge >= 0.3 is 11.9 Å². The van der Waals surface area contributed by atoms with Crippen LogP contribution in [0.4, 0.5) is 0 Å². The molecule has 0 fully saturated rings. The van der Waals surface area contributed by atoms with Crippen molar-refractivity contribution in [3.8, 4) is 0 Å². The average molecular weight is 569 g/mol. The number of hydrogen-bond donors (Lipinski definition) is 2. The molecule has 10 nitrogen and oxygen atoms in total. The van der Waals surface area contributed by atoms with E-state index in [0.29, 0.717) is 43.1 Å². The van der Waals surface area contributed by atoms with Gasteiger partial charge in [-0.3, -0.25) is 0 Å². The van der Waals surface area contributed by atoms with Gasteiger partial charge in [0.1, 0.15) is 0 Å². The van der Waals surface area contributed by atoms with Crippen molar-refractivity contribution in [3.05, 3.63) is 143 Å². The molecule has 3 aromatic carbocycles. The molecule has 0 atom stereocenters. The van der Waals surface area contributed by atoms with Crippen LogP contribution in [0.2, 0.25) is 0 Å². The van der Waals surface area contributed by atoms with Gasteiger partial charge in [0.15, 0.2) is 0 Å². The molecule has 2 aromatic heterocycles. The van der Waals surface area contributed by atoms with E-state index >= 15 is 0 Å². The third kappa shape index (κ3) is 8.98. The molecule has 0 aliphatic carbocycles. The summed E-state index contributed by atoms with van der Waals surface area (Å²) in [6.45, 7) is 2.25. The number of carbonyl (C=O) groups excluding carboxylic acids is 1. The van der Waals surface area contributed by atoms with Crippen molar-refractivity contribution >= 4 is 11.9 Å². The number of carboxylic acid groups (broad SMARTS) is 1. The van der Waals surface area contributed by atoms with Crippen LogP contribution in [0, 0.1) is 0 Å². The van der Waals surface area contributed by atoms with Crippen molar-refractivity contribution in [2.24, 2.45) is 0 Å². The van der Waals surface area contributed by atoms with Gasteiger partial charge in [-0.05, 0) is 41.0 Å². The van der Waals surface area contributed by atoms with Crippen LogP contribution in [0.15, 0.2) is 104 Å². The Hall–Kier alpha value is -5.06. The van der Waals surface area contributed by atoms with Crippen LogP contribution >= 0.6 is 0 Å². The van der Waals surface area contributed by atoms with Gasteiger partial charge in [0.25, 0.3) is 0 Å². The van der Waals surface area contributed by atoms with Crippen molar-refractivity contribution in [3.63, 3.8) is 0 Å². The topological polar surface area (TPSA) is 129 Å². The molecule has 2 heterocycles. The first kappa shape index (κ1) is 29.9. The minimum atomic E-state index is -0.915. The SMILES string of the molecule is COC(=O)c1ccc(Cn2cnc(CO)c2)cc1.O=C(O)c1ccc(Cn2cnc(COCc3ccccc3)c2)cc1. The molecule has 42 heavy (non-hydrogen) atoms. The summed E-state index contributed by atoms with van der Waals surface area (Å²) in [5, 5.41) is 17.8. The molecular weight excluding hydrogens is 536 g/mol. The van der Waals surface area contributed by atoms with Crippen LogP contribution in [-0.4, -0.2) is 48.4 Å². The number of imidazole rings is 2. The second kappa shape index (κ2) is 15.1. The molecule has 0 unspecified atom stereocenters. The summed E-state index contributed by atoms with van der Waals surface area (Å²) < 4.78 is 14.1. The summed E-state index contributed by atoms with van der Waals surface area (Å²) in [7, 11) is 1.36. The fraction of sp³-hybridized carbons (Fsp3) is 0.188. The summed E-state index contributed by atoms with van der Waals surface area (Å²) in [4.78, 5) is 30.5. The number of nitrogens with zero attached hydrogens (tertiary/aromatic N) is 4. The molecule has 0 radical (unpaired) electrons. The Morgan fingerprint density at radius 1 is 0.714 bits per heavy atom. The zero-order valence-electron chi connectivity index (χ0n) is 23.2. The standard InChI is InChI=1S/C19H18N2O3.C13H14N2O3/c22-19(23)17-8-6-15(7-9-17)10-21-11-18(20-14-21)13-24-12-16-4-2-1-3-5-16;1-18-13(17)11-4-2-10(3-5-11)6-15-7-12(8-16)14-9-15/h1-9,11,14H,10,12-13H2,(H,22,23);2-5,7,9,16H,6,8H2,1H3. The minimum Gasteiger partial charge on any atom is -0.478 e. The molecule has 0 bridgehead atoms. The molecule has 0 spiro atoms. The Morgan fingerprint density at radius 2 is 1.26 bits per heavy atom. The number of esters is 1. The van der Waals surface area contributed by atoms with E-state index in [1.807, 2.05) is 69.9 Å². The number of benzene rings is 3. The first-order chi connectivity index (χ1) is 20.4. The zero-order chi connectivity index (χ0) is 29.7. The second-order valence-corrected chi connectivity index (χ2v) is 9.40. The molecule has 2 N–H and O–H groups in total. The average Bonchev–Trinajstić information content (AvgIpc) is 3.67. The maximum Gasteiger partial charge on any atom is 0.337 e. The number of carboxylic acids is 1. The first-order valence-electron chi connectivity index (χ1n) is 13.2. The van der Waals surface area contributed by atoms with Crippen LogP contribution < -0.4 is 0 Å². The van der Waals surface area contributed by atoms with Crippen molar-refractivity contribution in [1.82, 2.24) is 19.1 Å².